The molecule has 0 bridgehead atoms. The second kappa shape index (κ2) is 8.35. The van der Waals surface area contributed by atoms with Crippen LogP contribution < -0.4 is 14.8 Å². The quantitative estimate of drug-likeness (QED) is 0.775. The fourth-order valence-electron chi connectivity index (χ4n) is 2.44. The monoisotopic (exact) mass is 333 g/mol. The highest BCUT2D eigenvalue weighted by Crippen LogP contribution is 2.37. The van der Waals surface area contributed by atoms with Crippen molar-refractivity contribution in [3.05, 3.63) is 23.9 Å². The molecule has 130 valence electrons. The number of nitrogens with zero attached hydrogens (tertiary/aromatic N) is 1. The first-order chi connectivity index (χ1) is 11.6. The van der Waals surface area contributed by atoms with Crippen molar-refractivity contribution in [2.24, 2.45) is 0 Å². The SMILES string of the molecule is CCCc1[nH]nc(-c2cc(OC)ccc2OC)c1NC(=O)COC. The van der Waals surface area contributed by atoms with E-state index in [1.165, 1.54) is 7.11 Å². The Labute approximate surface area is 141 Å². The standard InChI is InChI=1S/C17H23N3O4/c1-5-6-13-17(18-15(21)10-22-2)16(20-19-13)12-9-11(23-3)7-8-14(12)24-4/h7-9H,5-6,10H2,1-4H3,(H,18,21)(H,19,20). The van der Waals surface area contributed by atoms with Gasteiger partial charge in [0, 0.05) is 12.7 Å². The Morgan fingerprint density at radius 3 is 2.67 bits per heavy atom. The van der Waals surface area contributed by atoms with Crippen LogP contribution >= 0.6 is 0 Å². The highest BCUT2D eigenvalue weighted by molar-refractivity contribution is 5.97. The summed E-state index contributed by atoms with van der Waals surface area (Å²) in [4.78, 5) is 12.0. The van der Waals surface area contributed by atoms with E-state index in [2.05, 4.69) is 22.4 Å². The molecule has 1 aromatic heterocycles. The number of anilines is 1. The van der Waals surface area contributed by atoms with E-state index in [0.717, 1.165) is 24.1 Å². The van der Waals surface area contributed by atoms with Gasteiger partial charge in [0.25, 0.3) is 0 Å². The third-order valence-corrected chi connectivity index (χ3v) is 3.54. The minimum absolute atomic E-state index is 0.0224. The van der Waals surface area contributed by atoms with Gasteiger partial charge in [0.15, 0.2) is 0 Å². The molecule has 0 radical (unpaired) electrons. The molecule has 2 N–H and O–H groups in total. The number of hydrogen-bond acceptors (Lipinski definition) is 5. The normalized spacial score (nSPS) is 10.5. The second-order valence-electron chi connectivity index (χ2n) is 5.22. The van der Waals surface area contributed by atoms with Crippen LogP contribution in [0.3, 0.4) is 0 Å². The molecule has 1 heterocycles. The van der Waals surface area contributed by atoms with Gasteiger partial charge in [-0.3, -0.25) is 9.89 Å². The van der Waals surface area contributed by atoms with Crippen molar-refractivity contribution in [2.75, 3.05) is 33.3 Å². The van der Waals surface area contributed by atoms with Crippen LogP contribution in [0.15, 0.2) is 18.2 Å². The molecular formula is C17H23N3O4. The lowest BCUT2D eigenvalue weighted by atomic mass is 10.1. The molecule has 2 rings (SSSR count). The molecule has 2 aromatic rings. The predicted octanol–water partition coefficient (Wildman–Crippen LogP) is 2.63. The van der Waals surface area contributed by atoms with Gasteiger partial charge in [-0.2, -0.15) is 5.10 Å². The summed E-state index contributed by atoms with van der Waals surface area (Å²) in [6.45, 7) is 2.04. The van der Waals surface area contributed by atoms with Gasteiger partial charge in [-0.1, -0.05) is 13.3 Å². The molecule has 0 spiro atoms. The highest BCUT2D eigenvalue weighted by Gasteiger charge is 2.20. The number of methoxy groups -OCH3 is 3. The first-order valence-electron chi connectivity index (χ1n) is 7.73. The zero-order valence-corrected chi connectivity index (χ0v) is 14.4. The summed E-state index contributed by atoms with van der Waals surface area (Å²) in [6, 6.07) is 5.45. The number of carbonyl (C=O) groups excluding carboxylic acids is 1. The Kier molecular flexibility index (Phi) is 6.20. The molecule has 7 nitrogen and oxygen atoms in total. The number of aromatic amines is 1. The van der Waals surface area contributed by atoms with Crippen LogP contribution in [0.1, 0.15) is 19.0 Å². The largest absolute Gasteiger partial charge is 0.497 e. The lowest BCUT2D eigenvalue weighted by molar-refractivity contribution is -0.119. The van der Waals surface area contributed by atoms with E-state index >= 15 is 0 Å². The van der Waals surface area contributed by atoms with E-state index in [1.54, 1.807) is 14.2 Å². The fraction of sp³-hybridized carbons (Fsp3) is 0.412. The van der Waals surface area contributed by atoms with Crippen LogP contribution in [-0.2, 0) is 16.0 Å². The maximum atomic E-state index is 12.0. The molecule has 0 saturated heterocycles. The minimum atomic E-state index is -0.237. The molecule has 0 aliphatic carbocycles. The number of amides is 1. The Hall–Kier alpha value is -2.54. The van der Waals surface area contributed by atoms with Gasteiger partial charge in [0.2, 0.25) is 5.91 Å². The number of benzene rings is 1. The summed E-state index contributed by atoms with van der Waals surface area (Å²) in [7, 11) is 4.67. The van der Waals surface area contributed by atoms with Crippen molar-refractivity contribution in [2.45, 2.75) is 19.8 Å². The van der Waals surface area contributed by atoms with Crippen molar-refractivity contribution < 1.29 is 19.0 Å². The number of nitrogens with one attached hydrogen (secondary N) is 2. The summed E-state index contributed by atoms with van der Waals surface area (Å²) >= 11 is 0. The lowest BCUT2D eigenvalue weighted by Crippen LogP contribution is -2.18. The summed E-state index contributed by atoms with van der Waals surface area (Å²) in [5, 5.41) is 10.3. The average molecular weight is 333 g/mol. The summed E-state index contributed by atoms with van der Waals surface area (Å²) in [6.07, 6.45) is 1.69. The van der Waals surface area contributed by atoms with Crippen molar-refractivity contribution in [1.29, 1.82) is 0 Å². The Balaban J connectivity index is 2.51. The molecule has 0 unspecified atom stereocenters. The van der Waals surface area contributed by atoms with Crippen LogP contribution in [0.2, 0.25) is 0 Å². The van der Waals surface area contributed by atoms with Crippen LogP contribution in [-0.4, -0.2) is 44.0 Å². The topological polar surface area (TPSA) is 85.5 Å². The van der Waals surface area contributed by atoms with Crippen LogP contribution in [0.4, 0.5) is 5.69 Å². The Morgan fingerprint density at radius 2 is 2.04 bits per heavy atom. The smallest absolute Gasteiger partial charge is 0.250 e. The van der Waals surface area contributed by atoms with Crippen LogP contribution in [0.5, 0.6) is 11.5 Å². The van der Waals surface area contributed by atoms with Crippen LogP contribution in [0, 0.1) is 0 Å². The number of H-pyrrole nitrogens is 1. The molecule has 0 fully saturated rings. The van der Waals surface area contributed by atoms with Gasteiger partial charge in [-0.25, -0.2) is 0 Å². The molecule has 0 aliphatic rings. The van der Waals surface area contributed by atoms with E-state index in [0.29, 0.717) is 22.9 Å². The lowest BCUT2D eigenvalue weighted by Gasteiger charge is -2.12. The Morgan fingerprint density at radius 1 is 1.25 bits per heavy atom. The van der Waals surface area contributed by atoms with E-state index in [9.17, 15) is 4.79 Å². The molecule has 1 aromatic carbocycles. The number of ether oxygens (including phenoxy) is 3. The minimum Gasteiger partial charge on any atom is -0.497 e. The van der Waals surface area contributed by atoms with Crippen molar-refractivity contribution in [3.63, 3.8) is 0 Å². The van der Waals surface area contributed by atoms with E-state index in [4.69, 9.17) is 14.2 Å². The van der Waals surface area contributed by atoms with Crippen molar-refractivity contribution in [3.8, 4) is 22.8 Å². The predicted molar refractivity (Wildman–Crippen MR) is 91.6 cm³/mol. The maximum Gasteiger partial charge on any atom is 0.250 e. The Bertz CT molecular complexity index is 697. The van der Waals surface area contributed by atoms with Crippen molar-refractivity contribution >= 4 is 11.6 Å². The van der Waals surface area contributed by atoms with Crippen molar-refractivity contribution in [1.82, 2.24) is 10.2 Å². The molecular weight excluding hydrogens is 310 g/mol. The van der Waals surface area contributed by atoms with E-state index in [1.807, 2.05) is 18.2 Å². The molecule has 0 saturated carbocycles. The molecule has 0 atom stereocenters. The van der Waals surface area contributed by atoms with Crippen LogP contribution in [0.25, 0.3) is 11.3 Å². The van der Waals surface area contributed by atoms with Gasteiger partial charge in [0.05, 0.1) is 25.6 Å². The molecule has 0 aliphatic heterocycles. The van der Waals surface area contributed by atoms with Gasteiger partial charge < -0.3 is 19.5 Å². The van der Waals surface area contributed by atoms with Gasteiger partial charge in [-0.05, 0) is 24.6 Å². The summed E-state index contributed by atoms with van der Waals surface area (Å²) in [5.41, 5.74) is 2.86. The first-order valence-corrected chi connectivity index (χ1v) is 7.73. The molecule has 7 heteroatoms. The third-order valence-electron chi connectivity index (χ3n) is 3.54. The van der Waals surface area contributed by atoms with E-state index in [-0.39, 0.29) is 12.5 Å². The van der Waals surface area contributed by atoms with Gasteiger partial charge >= 0.3 is 0 Å². The second-order valence-corrected chi connectivity index (χ2v) is 5.22. The fourth-order valence-corrected chi connectivity index (χ4v) is 2.44. The van der Waals surface area contributed by atoms with Gasteiger partial charge in [0.1, 0.15) is 23.8 Å². The zero-order valence-electron chi connectivity index (χ0n) is 14.4. The van der Waals surface area contributed by atoms with E-state index < -0.39 is 0 Å². The number of carbonyl (C=O) groups is 1. The average Bonchev–Trinajstić information content (AvgIpc) is 2.97. The molecule has 1 amide bonds. The third kappa shape index (κ3) is 3.86. The maximum absolute atomic E-state index is 12.0. The summed E-state index contributed by atoms with van der Waals surface area (Å²) < 4.78 is 15.6. The van der Waals surface area contributed by atoms with Gasteiger partial charge in [-0.15, -0.1) is 0 Å². The molecule has 24 heavy (non-hydrogen) atoms. The number of aromatic nitrogens is 2. The number of rotatable bonds is 8. The summed E-state index contributed by atoms with van der Waals surface area (Å²) in [5.74, 6) is 1.09. The first kappa shape index (κ1) is 17.8. The number of aryl methyl sites for hydroxylation is 1. The zero-order chi connectivity index (χ0) is 17.5. The number of hydrogen-bond donors (Lipinski definition) is 2. The highest BCUT2D eigenvalue weighted by atomic mass is 16.5.